The largest absolute Gasteiger partial charge is 0.353 e. The van der Waals surface area contributed by atoms with E-state index in [2.05, 4.69) is 12.2 Å². The molecule has 1 aliphatic heterocycles. The van der Waals surface area contributed by atoms with Crippen LogP contribution in [0.2, 0.25) is 5.02 Å². The molecular formula is C20H27ClN2O2. The zero-order valence-corrected chi connectivity index (χ0v) is 15.6. The first-order valence-electron chi connectivity index (χ1n) is 9.38. The maximum Gasteiger partial charge on any atom is 0.253 e. The standard InChI is InChI=1S/C20H27ClN2O2/c1-14-4-10-18(11-5-14)22-19(24)16-3-2-12-23(13-16)20(25)15-6-8-17(21)9-7-15/h6-9,14,16,18H,2-5,10-13H2,1H3,(H,22,24). The van der Waals surface area contributed by atoms with Crippen LogP contribution in [0.1, 0.15) is 55.8 Å². The molecule has 25 heavy (non-hydrogen) atoms. The van der Waals surface area contributed by atoms with E-state index in [-0.39, 0.29) is 17.7 Å². The van der Waals surface area contributed by atoms with Crippen molar-refractivity contribution in [3.8, 4) is 0 Å². The van der Waals surface area contributed by atoms with Crippen molar-refractivity contribution < 1.29 is 9.59 Å². The van der Waals surface area contributed by atoms with Gasteiger partial charge in [0.05, 0.1) is 5.92 Å². The maximum absolute atomic E-state index is 12.7. The summed E-state index contributed by atoms with van der Waals surface area (Å²) < 4.78 is 0. The van der Waals surface area contributed by atoms with Crippen molar-refractivity contribution in [3.63, 3.8) is 0 Å². The predicted molar refractivity (Wildman–Crippen MR) is 99.6 cm³/mol. The van der Waals surface area contributed by atoms with Crippen LogP contribution < -0.4 is 5.32 Å². The Hall–Kier alpha value is -1.55. The highest BCUT2D eigenvalue weighted by Crippen LogP contribution is 2.25. The summed E-state index contributed by atoms with van der Waals surface area (Å²) in [4.78, 5) is 27.1. The molecule has 1 aliphatic carbocycles. The first kappa shape index (κ1) is 18.2. The summed E-state index contributed by atoms with van der Waals surface area (Å²) in [5.41, 5.74) is 0.631. The number of likely N-dealkylation sites (tertiary alicyclic amines) is 1. The molecule has 1 saturated heterocycles. The zero-order valence-electron chi connectivity index (χ0n) is 14.8. The lowest BCUT2D eigenvalue weighted by Crippen LogP contribution is -2.48. The molecule has 5 heteroatoms. The van der Waals surface area contributed by atoms with Crippen LogP contribution in [0.3, 0.4) is 0 Å². The number of piperidine rings is 1. The van der Waals surface area contributed by atoms with Crippen molar-refractivity contribution in [2.75, 3.05) is 13.1 Å². The number of halogens is 1. The Bertz CT molecular complexity index is 609. The van der Waals surface area contributed by atoms with Crippen LogP contribution in [-0.4, -0.2) is 35.8 Å². The zero-order chi connectivity index (χ0) is 17.8. The Morgan fingerprint density at radius 2 is 1.76 bits per heavy atom. The van der Waals surface area contributed by atoms with Gasteiger partial charge in [-0.1, -0.05) is 18.5 Å². The third-order valence-electron chi connectivity index (χ3n) is 5.53. The van der Waals surface area contributed by atoms with Gasteiger partial charge in [-0.15, -0.1) is 0 Å². The highest BCUT2D eigenvalue weighted by atomic mass is 35.5. The van der Waals surface area contributed by atoms with Gasteiger partial charge >= 0.3 is 0 Å². The lowest BCUT2D eigenvalue weighted by Gasteiger charge is -2.34. The van der Waals surface area contributed by atoms with E-state index in [4.69, 9.17) is 11.6 Å². The van der Waals surface area contributed by atoms with Crippen LogP contribution in [0.4, 0.5) is 0 Å². The number of carbonyl (C=O) groups excluding carboxylic acids is 2. The molecule has 2 amide bonds. The molecule has 0 radical (unpaired) electrons. The van der Waals surface area contributed by atoms with Crippen molar-refractivity contribution in [1.29, 1.82) is 0 Å². The molecule has 136 valence electrons. The summed E-state index contributed by atoms with van der Waals surface area (Å²) in [6, 6.07) is 7.26. The summed E-state index contributed by atoms with van der Waals surface area (Å²) in [5.74, 6) is 0.786. The second-order valence-electron chi connectivity index (χ2n) is 7.56. The monoisotopic (exact) mass is 362 g/mol. The van der Waals surface area contributed by atoms with Gasteiger partial charge in [-0.2, -0.15) is 0 Å². The van der Waals surface area contributed by atoms with Crippen LogP contribution in [0.15, 0.2) is 24.3 Å². The van der Waals surface area contributed by atoms with Crippen LogP contribution in [0.25, 0.3) is 0 Å². The fourth-order valence-electron chi connectivity index (χ4n) is 3.87. The lowest BCUT2D eigenvalue weighted by atomic mass is 9.87. The van der Waals surface area contributed by atoms with Gasteiger partial charge in [0.2, 0.25) is 5.91 Å². The number of carbonyl (C=O) groups is 2. The minimum atomic E-state index is -0.0932. The average molecular weight is 363 g/mol. The summed E-state index contributed by atoms with van der Waals surface area (Å²) in [5, 5.41) is 3.84. The van der Waals surface area contributed by atoms with Gasteiger partial charge in [0.25, 0.3) is 5.91 Å². The van der Waals surface area contributed by atoms with Crippen LogP contribution in [0.5, 0.6) is 0 Å². The minimum Gasteiger partial charge on any atom is -0.353 e. The molecule has 1 aromatic rings. The first-order chi connectivity index (χ1) is 12.0. The highest BCUT2D eigenvalue weighted by Gasteiger charge is 2.30. The van der Waals surface area contributed by atoms with Crippen molar-refractivity contribution in [2.45, 2.75) is 51.5 Å². The first-order valence-corrected chi connectivity index (χ1v) is 9.76. The van der Waals surface area contributed by atoms with Crippen molar-refractivity contribution in [2.24, 2.45) is 11.8 Å². The topological polar surface area (TPSA) is 49.4 Å². The number of hydrogen-bond donors (Lipinski definition) is 1. The molecule has 1 aromatic carbocycles. The van der Waals surface area contributed by atoms with E-state index in [0.29, 0.717) is 29.7 Å². The quantitative estimate of drug-likeness (QED) is 0.886. The van der Waals surface area contributed by atoms with Crippen molar-refractivity contribution in [1.82, 2.24) is 10.2 Å². The molecule has 1 atom stereocenters. The predicted octanol–water partition coefficient (Wildman–Crippen LogP) is 3.89. The van der Waals surface area contributed by atoms with Gasteiger partial charge < -0.3 is 10.2 Å². The van der Waals surface area contributed by atoms with Gasteiger partial charge in [-0.05, 0) is 68.7 Å². The number of nitrogens with one attached hydrogen (secondary N) is 1. The number of rotatable bonds is 3. The molecule has 1 unspecified atom stereocenters. The van der Waals surface area contributed by atoms with Crippen LogP contribution in [0, 0.1) is 11.8 Å². The van der Waals surface area contributed by atoms with E-state index in [1.54, 1.807) is 29.2 Å². The summed E-state index contributed by atoms with van der Waals surface area (Å²) in [6.07, 6.45) is 6.27. The minimum absolute atomic E-state index is 0.0133. The Balaban J connectivity index is 1.56. The van der Waals surface area contributed by atoms with E-state index in [9.17, 15) is 9.59 Å². The second-order valence-corrected chi connectivity index (χ2v) is 8.00. The Kier molecular flexibility index (Phi) is 6.00. The van der Waals surface area contributed by atoms with E-state index < -0.39 is 0 Å². The van der Waals surface area contributed by atoms with Crippen LogP contribution in [-0.2, 0) is 4.79 Å². The molecule has 2 fully saturated rings. The van der Waals surface area contributed by atoms with Crippen molar-refractivity contribution >= 4 is 23.4 Å². The normalized spacial score (nSPS) is 27.0. The van der Waals surface area contributed by atoms with E-state index in [1.807, 2.05) is 0 Å². The summed E-state index contributed by atoms with van der Waals surface area (Å²) in [7, 11) is 0. The number of benzene rings is 1. The molecule has 4 nitrogen and oxygen atoms in total. The third kappa shape index (κ3) is 4.75. The fraction of sp³-hybridized carbons (Fsp3) is 0.600. The van der Waals surface area contributed by atoms with Crippen LogP contribution >= 0.6 is 11.6 Å². The van der Waals surface area contributed by atoms with Crippen molar-refractivity contribution in [3.05, 3.63) is 34.9 Å². The Morgan fingerprint density at radius 1 is 1.08 bits per heavy atom. The smallest absolute Gasteiger partial charge is 0.253 e. The second kappa shape index (κ2) is 8.22. The van der Waals surface area contributed by atoms with Gasteiger partial charge in [-0.25, -0.2) is 0 Å². The summed E-state index contributed by atoms with van der Waals surface area (Å²) >= 11 is 5.89. The molecule has 1 saturated carbocycles. The molecule has 0 aromatic heterocycles. The third-order valence-corrected chi connectivity index (χ3v) is 5.78. The Labute approximate surface area is 154 Å². The molecule has 0 spiro atoms. The SMILES string of the molecule is CC1CCC(NC(=O)C2CCCN(C(=O)c3ccc(Cl)cc3)C2)CC1. The van der Waals surface area contributed by atoms with E-state index >= 15 is 0 Å². The molecule has 1 N–H and O–H groups in total. The molecule has 2 aliphatic rings. The summed E-state index contributed by atoms with van der Waals surface area (Å²) in [6.45, 7) is 3.50. The molecule has 0 bridgehead atoms. The average Bonchev–Trinajstić information content (AvgIpc) is 2.64. The molecular weight excluding hydrogens is 336 g/mol. The maximum atomic E-state index is 12.7. The van der Waals surface area contributed by atoms with Gasteiger partial charge in [-0.3, -0.25) is 9.59 Å². The molecule has 3 rings (SSSR count). The lowest BCUT2D eigenvalue weighted by molar-refractivity contribution is -0.127. The fourth-order valence-corrected chi connectivity index (χ4v) is 4.00. The number of nitrogens with zero attached hydrogens (tertiary/aromatic N) is 1. The highest BCUT2D eigenvalue weighted by molar-refractivity contribution is 6.30. The van der Waals surface area contributed by atoms with E-state index in [1.165, 1.54) is 12.8 Å². The van der Waals surface area contributed by atoms with Gasteiger partial charge in [0.1, 0.15) is 0 Å². The Morgan fingerprint density at radius 3 is 2.44 bits per heavy atom. The number of amides is 2. The number of hydrogen-bond acceptors (Lipinski definition) is 2. The molecule has 1 heterocycles. The van der Waals surface area contributed by atoms with Gasteiger partial charge in [0.15, 0.2) is 0 Å². The van der Waals surface area contributed by atoms with E-state index in [0.717, 1.165) is 31.6 Å². The van der Waals surface area contributed by atoms with Gasteiger partial charge in [0, 0.05) is 29.7 Å².